The number of fused-ring (bicyclic) bond motifs is 1. The number of ether oxygens (including phenoxy) is 1. The highest BCUT2D eigenvalue weighted by Gasteiger charge is 2.27. The fourth-order valence-electron chi connectivity index (χ4n) is 4.98. The van der Waals surface area contributed by atoms with E-state index in [1.54, 1.807) is 13.0 Å². The summed E-state index contributed by atoms with van der Waals surface area (Å²) in [5.41, 5.74) is -0.389. The number of anilines is 1. The van der Waals surface area contributed by atoms with Gasteiger partial charge in [0.1, 0.15) is 11.6 Å². The molecule has 2 aromatic heterocycles. The highest BCUT2D eigenvalue weighted by molar-refractivity contribution is 6.14. The van der Waals surface area contributed by atoms with Crippen molar-refractivity contribution in [3.8, 4) is 0 Å². The molecule has 0 spiro atoms. The van der Waals surface area contributed by atoms with E-state index >= 15 is 0 Å². The second-order valence-electron chi connectivity index (χ2n) is 10.0. The van der Waals surface area contributed by atoms with Gasteiger partial charge in [0.15, 0.2) is 28.7 Å². The Morgan fingerprint density at radius 1 is 0.950 bits per heavy atom. The van der Waals surface area contributed by atoms with E-state index in [4.69, 9.17) is 13.6 Å². The van der Waals surface area contributed by atoms with E-state index in [1.807, 2.05) is 4.90 Å². The molecule has 2 amide bonds. The minimum atomic E-state index is -0.966. The lowest BCUT2D eigenvalue weighted by Gasteiger charge is -2.35. The molecule has 1 N–H and O–H groups in total. The lowest BCUT2D eigenvalue weighted by molar-refractivity contribution is -0.136. The molecule has 0 unspecified atom stereocenters. The van der Waals surface area contributed by atoms with Crippen molar-refractivity contribution >= 4 is 34.3 Å². The minimum absolute atomic E-state index is 0.00939. The van der Waals surface area contributed by atoms with Crippen molar-refractivity contribution in [3.63, 3.8) is 0 Å². The molecule has 2 aliphatic rings. The SMILES string of the molecule is CCCC(=O)c1oc2c(F)cc(F)cc2c1NC(=O)c1ccc(CN2CCN(CC(=O)N3CCOCC3)CC2)o1. The minimum Gasteiger partial charge on any atom is -0.455 e. The van der Waals surface area contributed by atoms with E-state index in [0.29, 0.717) is 57.6 Å². The van der Waals surface area contributed by atoms with Gasteiger partial charge < -0.3 is 23.8 Å². The van der Waals surface area contributed by atoms with Crippen LogP contribution >= 0.6 is 0 Å². The van der Waals surface area contributed by atoms with Crippen molar-refractivity contribution in [1.82, 2.24) is 14.7 Å². The summed E-state index contributed by atoms with van der Waals surface area (Å²) in [6.07, 6.45) is 0.631. The summed E-state index contributed by atoms with van der Waals surface area (Å²) in [6.45, 7) is 8.03. The Labute approximate surface area is 229 Å². The predicted molar refractivity (Wildman–Crippen MR) is 141 cm³/mol. The second-order valence-corrected chi connectivity index (χ2v) is 10.0. The number of furan rings is 2. The average Bonchev–Trinajstić information content (AvgIpc) is 3.56. The largest absolute Gasteiger partial charge is 0.455 e. The summed E-state index contributed by atoms with van der Waals surface area (Å²) < 4.78 is 44.8. The Morgan fingerprint density at radius 2 is 1.68 bits per heavy atom. The number of carbonyl (C=O) groups is 3. The zero-order valence-corrected chi connectivity index (χ0v) is 22.3. The first kappa shape index (κ1) is 27.9. The maximum atomic E-state index is 14.3. The first-order valence-electron chi connectivity index (χ1n) is 13.5. The summed E-state index contributed by atoms with van der Waals surface area (Å²) in [7, 11) is 0. The summed E-state index contributed by atoms with van der Waals surface area (Å²) >= 11 is 0. The van der Waals surface area contributed by atoms with E-state index in [1.165, 1.54) is 6.07 Å². The van der Waals surface area contributed by atoms with Gasteiger partial charge in [-0.2, -0.15) is 0 Å². The van der Waals surface area contributed by atoms with Crippen LogP contribution in [0.4, 0.5) is 14.5 Å². The van der Waals surface area contributed by atoms with Crippen LogP contribution < -0.4 is 5.32 Å². The number of nitrogens with zero attached hydrogens (tertiary/aromatic N) is 3. The van der Waals surface area contributed by atoms with E-state index in [0.717, 1.165) is 32.2 Å². The molecule has 1 aromatic carbocycles. The van der Waals surface area contributed by atoms with E-state index in [-0.39, 0.29) is 40.5 Å². The van der Waals surface area contributed by atoms with Crippen LogP contribution in [0.3, 0.4) is 0 Å². The summed E-state index contributed by atoms with van der Waals surface area (Å²) in [6, 6.07) is 4.88. The molecule has 2 aliphatic heterocycles. The summed E-state index contributed by atoms with van der Waals surface area (Å²) in [4.78, 5) is 44.3. The van der Waals surface area contributed by atoms with Crippen molar-refractivity contribution in [2.24, 2.45) is 0 Å². The third-order valence-electron chi connectivity index (χ3n) is 7.13. The first-order valence-corrected chi connectivity index (χ1v) is 13.5. The zero-order chi connectivity index (χ0) is 28.2. The van der Waals surface area contributed by atoms with Crippen LogP contribution in [0, 0.1) is 11.6 Å². The molecular formula is C28H32F2N4O6. The third kappa shape index (κ3) is 6.24. The number of benzene rings is 1. The van der Waals surface area contributed by atoms with Gasteiger partial charge in [-0.05, 0) is 24.6 Å². The van der Waals surface area contributed by atoms with Crippen LogP contribution in [0.25, 0.3) is 11.0 Å². The Balaban J connectivity index is 1.20. The Bertz CT molecular complexity index is 1390. The average molecular weight is 559 g/mol. The molecule has 10 nitrogen and oxygen atoms in total. The van der Waals surface area contributed by atoms with Crippen molar-refractivity contribution in [2.45, 2.75) is 26.3 Å². The molecule has 0 saturated carbocycles. The molecule has 4 heterocycles. The molecule has 12 heteroatoms. The fourth-order valence-corrected chi connectivity index (χ4v) is 4.98. The zero-order valence-electron chi connectivity index (χ0n) is 22.3. The van der Waals surface area contributed by atoms with Gasteiger partial charge in [-0.1, -0.05) is 6.92 Å². The van der Waals surface area contributed by atoms with Gasteiger partial charge in [-0.25, -0.2) is 8.78 Å². The normalized spacial score (nSPS) is 16.9. The van der Waals surface area contributed by atoms with Crippen molar-refractivity contribution in [3.05, 3.63) is 53.2 Å². The van der Waals surface area contributed by atoms with Crippen LogP contribution in [-0.4, -0.2) is 91.3 Å². The number of nitrogens with one attached hydrogen (secondary N) is 1. The highest BCUT2D eigenvalue weighted by Crippen LogP contribution is 2.35. The van der Waals surface area contributed by atoms with Gasteiger partial charge in [-0.15, -0.1) is 0 Å². The topological polar surface area (TPSA) is 108 Å². The molecule has 0 bridgehead atoms. The number of Topliss-reactive ketones (excluding diaryl/α,β-unsaturated/α-hetero) is 1. The van der Waals surface area contributed by atoms with Crippen LogP contribution in [0.1, 0.15) is 46.6 Å². The number of morpholine rings is 1. The van der Waals surface area contributed by atoms with Crippen LogP contribution in [0.15, 0.2) is 33.1 Å². The molecule has 5 rings (SSSR count). The molecule has 2 fully saturated rings. The number of hydrogen-bond acceptors (Lipinski definition) is 8. The Hall–Kier alpha value is -3.61. The van der Waals surface area contributed by atoms with Crippen LogP contribution in [0.5, 0.6) is 0 Å². The molecule has 3 aromatic rings. The number of hydrogen-bond donors (Lipinski definition) is 1. The maximum absolute atomic E-state index is 14.3. The molecule has 40 heavy (non-hydrogen) atoms. The Morgan fingerprint density at radius 3 is 2.40 bits per heavy atom. The van der Waals surface area contributed by atoms with Crippen molar-refractivity contribution < 1.29 is 36.7 Å². The third-order valence-corrected chi connectivity index (χ3v) is 7.13. The Kier molecular flexibility index (Phi) is 8.57. The lowest BCUT2D eigenvalue weighted by atomic mass is 10.1. The van der Waals surface area contributed by atoms with Crippen molar-refractivity contribution in [2.75, 3.05) is 64.3 Å². The summed E-state index contributed by atoms with van der Waals surface area (Å²) in [5.74, 6) is -2.48. The molecule has 0 atom stereocenters. The molecule has 2 saturated heterocycles. The highest BCUT2D eigenvalue weighted by atomic mass is 19.1. The number of carbonyl (C=O) groups excluding carboxylic acids is 3. The smallest absolute Gasteiger partial charge is 0.291 e. The number of amides is 2. The standard InChI is InChI=1S/C28H32F2N4O6/c1-2-3-22(35)27-25(20-14-18(29)15-21(30)26(20)40-27)31-28(37)23-5-4-19(39-23)16-32-6-8-33(9-7-32)17-24(36)34-10-12-38-13-11-34/h4-5,14-15H,2-3,6-13,16-17H2,1H3,(H,31,37). The van der Waals surface area contributed by atoms with E-state index in [9.17, 15) is 23.2 Å². The number of halogens is 2. The lowest BCUT2D eigenvalue weighted by Crippen LogP contribution is -2.51. The van der Waals surface area contributed by atoms with E-state index < -0.39 is 23.3 Å². The second kappa shape index (κ2) is 12.3. The predicted octanol–water partition coefficient (Wildman–Crippen LogP) is 3.52. The quantitative estimate of drug-likeness (QED) is 0.398. The first-order chi connectivity index (χ1) is 19.3. The monoisotopic (exact) mass is 558 g/mol. The van der Waals surface area contributed by atoms with E-state index in [2.05, 4.69) is 15.1 Å². The van der Waals surface area contributed by atoms with Gasteiger partial charge in [0, 0.05) is 51.8 Å². The van der Waals surface area contributed by atoms with Gasteiger partial charge in [0.25, 0.3) is 5.91 Å². The number of rotatable bonds is 9. The van der Waals surface area contributed by atoms with Crippen LogP contribution in [0.2, 0.25) is 0 Å². The molecule has 0 aliphatic carbocycles. The summed E-state index contributed by atoms with van der Waals surface area (Å²) in [5, 5.41) is 2.53. The van der Waals surface area contributed by atoms with Gasteiger partial charge in [-0.3, -0.25) is 24.2 Å². The fraction of sp³-hybridized carbons (Fsp3) is 0.464. The molecule has 0 radical (unpaired) electrons. The van der Waals surface area contributed by atoms with Gasteiger partial charge in [0.05, 0.1) is 37.4 Å². The van der Waals surface area contributed by atoms with Gasteiger partial charge >= 0.3 is 0 Å². The van der Waals surface area contributed by atoms with Gasteiger partial charge in [0.2, 0.25) is 5.91 Å². The van der Waals surface area contributed by atoms with Crippen LogP contribution in [-0.2, 0) is 16.1 Å². The molecular weight excluding hydrogens is 526 g/mol. The maximum Gasteiger partial charge on any atom is 0.291 e. The number of ketones is 1. The number of piperazine rings is 1. The molecule has 214 valence electrons. The van der Waals surface area contributed by atoms with Crippen molar-refractivity contribution in [1.29, 1.82) is 0 Å².